The normalized spacial score (nSPS) is 12.2. The quantitative estimate of drug-likeness (QED) is 0.118. The van der Waals surface area contributed by atoms with Gasteiger partial charge in [-0.25, -0.2) is 4.98 Å². The van der Waals surface area contributed by atoms with E-state index in [4.69, 9.17) is 9.72 Å². The second-order valence-electron chi connectivity index (χ2n) is 24.5. The Balaban J connectivity index is 0.869. The van der Waals surface area contributed by atoms with E-state index in [1.165, 1.54) is 38.2 Å². The molecule has 0 unspecified atom stereocenters. The minimum absolute atomic E-state index is 0.0451. The van der Waals surface area contributed by atoms with Crippen LogP contribution in [-0.4, -0.2) is 23.3 Å². The number of benzene rings is 12. The van der Waals surface area contributed by atoms with Crippen molar-refractivity contribution >= 4 is 76.5 Å². The van der Waals surface area contributed by atoms with E-state index >= 15 is 0 Å². The van der Waals surface area contributed by atoms with Gasteiger partial charge in [-0.3, -0.25) is 13.7 Å². The first kappa shape index (κ1) is 50.8. The molecule has 0 saturated heterocycles. The zero-order valence-electron chi connectivity index (χ0n) is 49.2. The van der Waals surface area contributed by atoms with Crippen molar-refractivity contribution in [1.29, 1.82) is 0 Å². The summed E-state index contributed by atoms with van der Waals surface area (Å²) >= 11 is 0. The van der Waals surface area contributed by atoms with Gasteiger partial charge in [0.1, 0.15) is 17.3 Å². The Morgan fingerprint density at radius 2 is 0.798 bits per heavy atom. The predicted octanol–water partition coefficient (Wildman–Crippen LogP) is 20.5. The van der Waals surface area contributed by atoms with Crippen molar-refractivity contribution in [1.82, 2.24) is 23.3 Å². The van der Waals surface area contributed by atoms with Gasteiger partial charge >= 0.3 is 0 Å². The van der Waals surface area contributed by atoms with Gasteiger partial charge in [-0.2, -0.15) is 0 Å². The predicted molar refractivity (Wildman–Crippen MR) is 365 cm³/mol. The lowest BCUT2D eigenvalue weighted by Gasteiger charge is -2.20. The third-order valence-corrected chi connectivity index (χ3v) is 18.4. The summed E-state index contributed by atoms with van der Waals surface area (Å²) in [5, 5.41) is 7.15. The van der Waals surface area contributed by atoms with E-state index in [0.717, 1.165) is 123 Å². The second-order valence-corrected chi connectivity index (χ2v) is 24.5. The molecular weight excluding hydrogens is 1080 g/mol. The van der Waals surface area contributed by atoms with E-state index in [1.54, 1.807) is 0 Å². The molecule has 6 heterocycles. The van der Waals surface area contributed by atoms with Crippen molar-refractivity contribution in [3.63, 3.8) is 0 Å². The second kappa shape index (κ2) is 19.5. The number of rotatable bonds is 7. The molecule has 0 amide bonds. The molecule has 0 atom stereocenters. The molecule has 0 saturated carbocycles. The van der Waals surface area contributed by atoms with Crippen LogP contribution in [0.4, 0.5) is 0 Å². The lowest BCUT2D eigenvalue weighted by atomic mass is 9.88. The number of ether oxygens (including phenoxy) is 1. The molecule has 18 rings (SSSR count). The Labute approximate surface area is 514 Å². The van der Waals surface area contributed by atoms with Crippen molar-refractivity contribution in [3.8, 4) is 84.6 Å². The highest BCUT2D eigenvalue weighted by molar-refractivity contribution is 6.12. The van der Waals surface area contributed by atoms with Gasteiger partial charge in [0.05, 0.1) is 55.5 Å². The lowest BCUT2D eigenvalue weighted by Crippen LogP contribution is -2.32. The van der Waals surface area contributed by atoms with Crippen LogP contribution in [0, 0.1) is 6.33 Å². The van der Waals surface area contributed by atoms with E-state index < -0.39 is 0 Å². The maximum absolute atomic E-state index is 6.99. The summed E-state index contributed by atoms with van der Waals surface area (Å²) in [6.45, 7) is 6.73. The summed E-state index contributed by atoms with van der Waals surface area (Å²) in [5.41, 5.74) is 22.9. The van der Waals surface area contributed by atoms with Crippen molar-refractivity contribution < 1.29 is 9.30 Å². The maximum Gasteiger partial charge on any atom is 0.269 e. The highest BCUT2D eigenvalue weighted by atomic mass is 16.5. The number of hydrogen-bond acceptors (Lipinski definition) is 2. The summed E-state index contributed by atoms with van der Waals surface area (Å²) in [6.07, 6.45) is 6.01. The van der Waals surface area contributed by atoms with Crippen LogP contribution in [0.1, 0.15) is 26.3 Å². The lowest BCUT2D eigenvalue weighted by molar-refractivity contribution is -0.570. The van der Waals surface area contributed by atoms with Gasteiger partial charge in [-0.05, 0) is 146 Å². The van der Waals surface area contributed by atoms with Crippen molar-refractivity contribution in [2.45, 2.75) is 26.2 Å². The number of pyridine rings is 1. The molecular formula is C82H56N6O. The van der Waals surface area contributed by atoms with Gasteiger partial charge in [0.15, 0.2) is 0 Å². The first-order chi connectivity index (χ1) is 43.8. The molecule has 17 aromatic rings. The zero-order valence-corrected chi connectivity index (χ0v) is 49.2. The van der Waals surface area contributed by atoms with Crippen LogP contribution in [-0.2, 0) is 5.41 Å². The molecule has 12 aromatic carbocycles. The number of aromatic nitrogens is 6. The van der Waals surface area contributed by atoms with Crippen LogP contribution in [0.2, 0.25) is 0 Å². The largest absolute Gasteiger partial charge is 0.458 e. The highest BCUT2D eigenvalue weighted by Gasteiger charge is 2.28. The van der Waals surface area contributed by atoms with E-state index in [0.29, 0.717) is 5.75 Å². The zero-order chi connectivity index (χ0) is 59.1. The van der Waals surface area contributed by atoms with E-state index in [1.807, 2.05) is 12.3 Å². The molecule has 1 aliphatic rings. The van der Waals surface area contributed by atoms with E-state index in [-0.39, 0.29) is 5.41 Å². The molecule has 7 nitrogen and oxygen atoms in total. The molecule has 420 valence electrons. The van der Waals surface area contributed by atoms with Crippen molar-refractivity contribution in [2.24, 2.45) is 0 Å². The number of nitrogens with zero attached hydrogens (tertiary/aromatic N) is 6. The van der Waals surface area contributed by atoms with E-state index in [9.17, 15) is 0 Å². The third-order valence-electron chi connectivity index (χ3n) is 18.4. The number of para-hydroxylation sites is 7. The Kier molecular flexibility index (Phi) is 11.1. The first-order valence-electron chi connectivity index (χ1n) is 30.5. The van der Waals surface area contributed by atoms with Gasteiger partial charge in [0.25, 0.3) is 6.33 Å². The molecule has 1 aliphatic heterocycles. The Morgan fingerprint density at radius 3 is 1.38 bits per heavy atom. The van der Waals surface area contributed by atoms with Gasteiger partial charge in [0, 0.05) is 56.0 Å². The minimum Gasteiger partial charge on any atom is -0.458 e. The molecule has 0 fully saturated rings. The Bertz CT molecular complexity index is 5550. The first-order valence-corrected chi connectivity index (χ1v) is 30.5. The summed E-state index contributed by atoms with van der Waals surface area (Å²) in [6, 6.07) is 101. The summed E-state index contributed by atoms with van der Waals surface area (Å²) in [4.78, 5) is 4.96. The smallest absolute Gasteiger partial charge is 0.269 e. The average molecular weight is 1140 g/mol. The molecule has 0 N–H and O–H groups in total. The molecule has 5 aromatic heterocycles. The van der Waals surface area contributed by atoms with Gasteiger partial charge in [-0.15, -0.1) is 0 Å². The standard InChI is InChI=1S/C82H56N6O/c1-82(2,3)53-43-44-83-79(47-53)88-76-39-17-12-31-68(76)69-42-41-58(50-78(69)88)89-57-22-18-21-54(49-57)84-51-85-80-59(32-19-33-70(80)62-25-6-4-23-60(62)61-24-5-7-26-63(61)71-34-20-40-77(84)81(71)85)52-45-55(86-72-35-13-8-27-64(72)65-28-9-14-36-73(65)86)48-56(46-52)87-74-37-15-10-29-66(74)67-30-11-16-38-75(67)87/h4-50H,1-3H3. The van der Waals surface area contributed by atoms with Gasteiger partial charge in [0.2, 0.25) is 0 Å². The fourth-order valence-electron chi connectivity index (χ4n) is 14.4. The fraction of sp³-hybridized carbons (Fsp3) is 0.0488. The van der Waals surface area contributed by atoms with Crippen LogP contribution < -0.4 is 9.30 Å². The summed E-state index contributed by atoms with van der Waals surface area (Å²) < 4.78 is 18.7. The number of imidazole rings is 1. The Hall–Kier alpha value is -11.5. The molecule has 7 heteroatoms. The van der Waals surface area contributed by atoms with E-state index in [2.05, 4.69) is 323 Å². The average Bonchev–Trinajstić information content (AvgIpc) is 1.69. The molecule has 0 aliphatic carbocycles. The number of fused-ring (bicyclic) bond motifs is 16. The molecule has 89 heavy (non-hydrogen) atoms. The van der Waals surface area contributed by atoms with Crippen molar-refractivity contribution in [2.75, 3.05) is 0 Å². The topological polar surface area (TPSA) is 45.7 Å². The molecule has 0 bridgehead atoms. The van der Waals surface area contributed by atoms with Gasteiger partial charge in [-0.1, -0.05) is 203 Å². The minimum atomic E-state index is -0.0451. The summed E-state index contributed by atoms with van der Waals surface area (Å²) in [7, 11) is 0. The maximum atomic E-state index is 6.99. The van der Waals surface area contributed by atoms with Crippen molar-refractivity contribution in [3.05, 3.63) is 297 Å². The number of hydrogen-bond donors (Lipinski definition) is 0. The molecule has 0 spiro atoms. The van der Waals surface area contributed by atoms with Gasteiger partial charge < -0.3 is 13.9 Å². The van der Waals surface area contributed by atoms with Crippen LogP contribution in [0.3, 0.4) is 0 Å². The molecule has 0 radical (unpaired) electrons. The van der Waals surface area contributed by atoms with Crippen LogP contribution >= 0.6 is 0 Å². The Morgan fingerprint density at radius 1 is 0.348 bits per heavy atom. The van der Waals surface area contributed by atoms with Crippen LogP contribution in [0.25, 0.3) is 150 Å². The van der Waals surface area contributed by atoms with Crippen LogP contribution in [0.15, 0.2) is 285 Å². The fourth-order valence-corrected chi connectivity index (χ4v) is 14.4. The monoisotopic (exact) mass is 1140 g/mol. The van der Waals surface area contributed by atoms with Crippen LogP contribution in [0.5, 0.6) is 11.5 Å². The SMILES string of the molecule is CC(C)(C)c1ccnc(-n2c3ccccc3c3ccc(Oc4cccc(-n5[c-][n+]6c7c(cccc75)-c5ccccc5-c5ccccc5-c5cccc(-c7cc(-n8c9ccccc9c9ccccc98)cc(-n8c9ccccc9c9ccccc98)c7)c5-6)c4)cc32)c1. The third kappa shape index (κ3) is 7.84. The summed E-state index contributed by atoms with van der Waals surface area (Å²) in [5.74, 6) is 2.31. The highest BCUT2D eigenvalue weighted by Crippen LogP contribution is 2.47.